The Labute approximate surface area is 158 Å². The lowest BCUT2D eigenvalue weighted by molar-refractivity contribution is 0.366. The van der Waals surface area contributed by atoms with Gasteiger partial charge in [0, 0.05) is 19.0 Å². The van der Waals surface area contributed by atoms with Crippen LogP contribution in [0.4, 0.5) is 0 Å². The van der Waals surface area contributed by atoms with E-state index in [2.05, 4.69) is 44.8 Å². The highest BCUT2D eigenvalue weighted by molar-refractivity contribution is 14.0. The molecule has 24 heavy (non-hydrogen) atoms. The van der Waals surface area contributed by atoms with Crippen molar-refractivity contribution < 1.29 is 9.05 Å². The molecule has 8 nitrogen and oxygen atoms in total. The Kier molecular flexibility index (Phi) is 8.72. The molecule has 0 saturated carbocycles. The molecular weight excluding hydrogens is 423 g/mol. The molecule has 2 aromatic heterocycles. The monoisotopic (exact) mass is 448 g/mol. The van der Waals surface area contributed by atoms with Gasteiger partial charge in [-0.3, -0.25) is 4.99 Å². The minimum Gasteiger partial charge on any atom is -0.359 e. The van der Waals surface area contributed by atoms with Crippen molar-refractivity contribution in [2.75, 3.05) is 7.05 Å². The van der Waals surface area contributed by atoms with Gasteiger partial charge >= 0.3 is 0 Å². The fourth-order valence-electron chi connectivity index (χ4n) is 2.27. The highest BCUT2D eigenvalue weighted by Crippen LogP contribution is 2.22. The van der Waals surface area contributed by atoms with Crippen molar-refractivity contribution in [3.63, 3.8) is 0 Å². The van der Waals surface area contributed by atoms with Crippen molar-refractivity contribution in [3.05, 3.63) is 29.2 Å². The molecule has 2 heterocycles. The molecule has 0 aliphatic rings. The maximum atomic E-state index is 5.37. The van der Waals surface area contributed by atoms with Gasteiger partial charge in [0.15, 0.2) is 17.5 Å². The molecule has 2 aromatic rings. The highest BCUT2D eigenvalue weighted by atomic mass is 127. The van der Waals surface area contributed by atoms with Gasteiger partial charge in [-0.05, 0) is 19.8 Å². The molecule has 9 heteroatoms. The van der Waals surface area contributed by atoms with E-state index in [1.165, 1.54) is 0 Å². The quantitative estimate of drug-likeness (QED) is 0.382. The minimum absolute atomic E-state index is 0. The smallest absolute Gasteiger partial charge is 0.246 e. The molecule has 0 aromatic carbocycles. The van der Waals surface area contributed by atoms with Crippen molar-refractivity contribution in [3.8, 4) is 0 Å². The predicted molar refractivity (Wildman–Crippen MR) is 101 cm³/mol. The van der Waals surface area contributed by atoms with E-state index in [0.29, 0.717) is 36.7 Å². The number of nitrogens with one attached hydrogen (secondary N) is 2. The largest absolute Gasteiger partial charge is 0.359 e. The molecule has 0 bridgehead atoms. The summed E-state index contributed by atoms with van der Waals surface area (Å²) in [7, 11) is 1.70. The first kappa shape index (κ1) is 20.4. The number of hydrogen-bond acceptors (Lipinski definition) is 6. The van der Waals surface area contributed by atoms with Gasteiger partial charge < -0.3 is 19.7 Å². The lowest BCUT2D eigenvalue weighted by Gasteiger charge is -2.08. The van der Waals surface area contributed by atoms with E-state index in [4.69, 9.17) is 9.05 Å². The first-order valence-corrected chi connectivity index (χ1v) is 7.85. The van der Waals surface area contributed by atoms with E-state index in [-0.39, 0.29) is 24.0 Å². The number of halogens is 1. The van der Waals surface area contributed by atoms with E-state index >= 15 is 0 Å². The van der Waals surface area contributed by atoms with Crippen molar-refractivity contribution in [1.29, 1.82) is 0 Å². The van der Waals surface area contributed by atoms with E-state index in [9.17, 15) is 0 Å². The summed E-state index contributed by atoms with van der Waals surface area (Å²) >= 11 is 0. The second-order valence-corrected chi connectivity index (χ2v) is 5.25. The number of hydrogen-bond donors (Lipinski definition) is 2. The molecule has 0 atom stereocenters. The normalized spacial score (nSPS) is 11.5. The zero-order chi connectivity index (χ0) is 16.7. The molecule has 0 saturated heterocycles. The summed E-state index contributed by atoms with van der Waals surface area (Å²) in [5, 5.41) is 14.2. The van der Waals surface area contributed by atoms with Gasteiger partial charge in [0.05, 0.1) is 18.8 Å². The van der Waals surface area contributed by atoms with Crippen LogP contribution >= 0.6 is 24.0 Å². The highest BCUT2D eigenvalue weighted by Gasteiger charge is 2.13. The Morgan fingerprint density at radius 1 is 1.17 bits per heavy atom. The van der Waals surface area contributed by atoms with E-state index in [1.54, 1.807) is 14.0 Å². The standard InChI is InChI=1S/C15H24N6O2.HI/c1-5-11(6-2)13-7-12(22-21-13)8-17-15(16-4)18-9-14-19-10(3)20-23-14;/h7,11H,5-6,8-9H2,1-4H3,(H2,16,17,18);1H. The molecule has 2 N–H and O–H groups in total. The van der Waals surface area contributed by atoms with Gasteiger partial charge in [-0.1, -0.05) is 24.2 Å². The maximum Gasteiger partial charge on any atom is 0.246 e. The second-order valence-electron chi connectivity index (χ2n) is 5.25. The Morgan fingerprint density at radius 2 is 1.88 bits per heavy atom. The molecule has 2 rings (SSSR count). The lowest BCUT2D eigenvalue weighted by Crippen LogP contribution is -2.36. The average molecular weight is 448 g/mol. The number of guanidine groups is 1. The topological polar surface area (TPSA) is 101 Å². The van der Waals surface area contributed by atoms with Crippen LogP contribution in [0.1, 0.15) is 55.8 Å². The van der Waals surface area contributed by atoms with Crippen LogP contribution in [0.3, 0.4) is 0 Å². The van der Waals surface area contributed by atoms with Crippen LogP contribution in [0.15, 0.2) is 20.1 Å². The van der Waals surface area contributed by atoms with E-state index in [1.807, 2.05) is 6.07 Å². The Balaban J connectivity index is 0.00000288. The first-order chi connectivity index (χ1) is 11.2. The molecular formula is C15H25IN6O2. The molecule has 0 radical (unpaired) electrons. The SMILES string of the molecule is CCC(CC)c1cc(CNC(=NC)NCc2nc(C)no2)on1.I. The third-order valence-electron chi connectivity index (χ3n) is 3.61. The molecule has 0 spiro atoms. The maximum absolute atomic E-state index is 5.37. The van der Waals surface area contributed by atoms with Gasteiger partial charge in [0.2, 0.25) is 5.89 Å². The van der Waals surface area contributed by atoms with Crippen molar-refractivity contribution in [2.24, 2.45) is 4.99 Å². The van der Waals surface area contributed by atoms with Crippen LogP contribution in [0.25, 0.3) is 0 Å². The minimum atomic E-state index is 0. The Bertz CT molecular complexity index is 635. The van der Waals surface area contributed by atoms with Gasteiger partial charge in [-0.25, -0.2) is 0 Å². The van der Waals surface area contributed by atoms with Gasteiger partial charge in [0.1, 0.15) is 0 Å². The Hall–Kier alpha value is -1.65. The molecule has 134 valence electrons. The van der Waals surface area contributed by atoms with E-state index < -0.39 is 0 Å². The summed E-state index contributed by atoms with van der Waals surface area (Å²) in [6.45, 7) is 7.02. The van der Waals surface area contributed by atoms with Crippen LogP contribution in [0.5, 0.6) is 0 Å². The summed E-state index contributed by atoms with van der Waals surface area (Å²) < 4.78 is 10.4. The molecule has 0 unspecified atom stereocenters. The van der Waals surface area contributed by atoms with Crippen molar-refractivity contribution in [1.82, 2.24) is 25.9 Å². The van der Waals surface area contributed by atoms with Gasteiger partial charge in [0.25, 0.3) is 0 Å². The number of rotatable bonds is 7. The van der Waals surface area contributed by atoms with Gasteiger partial charge in [-0.2, -0.15) is 4.98 Å². The third kappa shape index (κ3) is 5.77. The van der Waals surface area contributed by atoms with Crippen LogP contribution in [-0.2, 0) is 13.1 Å². The number of aromatic nitrogens is 3. The fourth-order valence-corrected chi connectivity index (χ4v) is 2.27. The molecule has 0 aliphatic heterocycles. The third-order valence-corrected chi connectivity index (χ3v) is 3.61. The van der Waals surface area contributed by atoms with E-state index in [0.717, 1.165) is 24.3 Å². The zero-order valence-electron chi connectivity index (χ0n) is 14.5. The van der Waals surface area contributed by atoms with Crippen molar-refractivity contribution >= 4 is 29.9 Å². The number of nitrogens with zero attached hydrogens (tertiary/aromatic N) is 4. The fraction of sp³-hybridized carbons (Fsp3) is 0.600. The summed E-state index contributed by atoms with van der Waals surface area (Å²) in [5.74, 6) is 2.98. The summed E-state index contributed by atoms with van der Waals surface area (Å²) in [6.07, 6.45) is 2.12. The van der Waals surface area contributed by atoms with Crippen molar-refractivity contribution in [2.45, 2.75) is 52.6 Å². The van der Waals surface area contributed by atoms with Gasteiger partial charge in [-0.15, -0.1) is 24.0 Å². The van der Waals surface area contributed by atoms with Crippen LogP contribution in [-0.4, -0.2) is 28.3 Å². The average Bonchev–Trinajstić information content (AvgIpc) is 3.18. The predicted octanol–water partition coefficient (Wildman–Crippen LogP) is 2.75. The first-order valence-electron chi connectivity index (χ1n) is 7.85. The number of aliphatic imine (C=N–C) groups is 1. The molecule has 0 amide bonds. The molecule has 0 aliphatic carbocycles. The summed E-state index contributed by atoms with van der Waals surface area (Å²) in [6, 6.07) is 2.00. The molecule has 0 fully saturated rings. The number of aryl methyl sites for hydroxylation is 1. The van der Waals surface area contributed by atoms with Crippen LogP contribution in [0, 0.1) is 6.92 Å². The Morgan fingerprint density at radius 3 is 2.46 bits per heavy atom. The van der Waals surface area contributed by atoms with Crippen LogP contribution < -0.4 is 10.6 Å². The second kappa shape index (κ2) is 10.3. The lowest BCUT2D eigenvalue weighted by atomic mass is 9.99. The summed E-state index contributed by atoms with van der Waals surface area (Å²) in [5.41, 5.74) is 1.01. The zero-order valence-corrected chi connectivity index (χ0v) is 16.8. The van der Waals surface area contributed by atoms with Crippen LogP contribution in [0.2, 0.25) is 0 Å². The summed E-state index contributed by atoms with van der Waals surface area (Å²) in [4.78, 5) is 8.27.